The molecule has 2 fully saturated rings. The number of pyridine rings is 1. The summed E-state index contributed by atoms with van der Waals surface area (Å²) in [5, 5.41) is 0. The van der Waals surface area contributed by atoms with Crippen molar-refractivity contribution in [3.63, 3.8) is 0 Å². The Labute approximate surface area is 124 Å². The van der Waals surface area contributed by atoms with Crippen LogP contribution in [0.2, 0.25) is 0 Å². The fraction of sp³-hybridized carbons (Fsp3) is 0.571. The van der Waals surface area contributed by atoms with Gasteiger partial charge < -0.3 is 4.90 Å². The van der Waals surface area contributed by atoms with Gasteiger partial charge in [0, 0.05) is 50.2 Å². The summed E-state index contributed by atoms with van der Waals surface area (Å²) in [5.41, 5.74) is 0.655. The van der Waals surface area contributed by atoms with Gasteiger partial charge in [0.05, 0.1) is 11.5 Å². The van der Waals surface area contributed by atoms with Crippen molar-refractivity contribution >= 4 is 15.7 Å². The molecule has 1 amide bonds. The number of sulfone groups is 1. The second-order valence-electron chi connectivity index (χ2n) is 5.62. The molecule has 114 valence electrons. The first-order valence-electron chi connectivity index (χ1n) is 7.19. The standard InChI is InChI=1S/C14H19N3O3S/c18-14(12-1-4-15-5-2-12)17-8-6-16(7-9-17)13-3-10-21(19,20)11-13/h1-2,4-5,13H,3,6-11H2/t13-/m0/s1. The summed E-state index contributed by atoms with van der Waals surface area (Å²) in [7, 11) is -2.85. The molecule has 1 aromatic rings. The van der Waals surface area contributed by atoms with Crippen LogP contribution in [0.5, 0.6) is 0 Å². The van der Waals surface area contributed by atoms with Crippen molar-refractivity contribution < 1.29 is 13.2 Å². The zero-order valence-electron chi connectivity index (χ0n) is 11.8. The van der Waals surface area contributed by atoms with Crippen LogP contribution < -0.4 is 0 Å². The number of piperazine rings is 1. The van der Waals surface area contributed by atoms with Crippen molar-refractivity contribution in [2.24, 2.45) is 0 Å². The van der Waals surface area contributed by atoms with Gasteiger partial charge in [-0.05, 0) is 18.6 Å². The van der Waals surface area contributed by atoms with Crippen molar-refractivity contribution in [1.29, 1.82) is 0 Å². The minimum atomic E-state index is -2.85. The monoisotopic (exact) mass is 309 g/mol. The minimum absolute atomic E-state index is 0.0242. The number of rotatable bonds is 2. The van der Waals surface area contributed by atoms with Crippen LogP contribution in [0.25, 0.3) is 0 Å². The molecule has 0 unspecified atom stereocenters. The van der Waals surface area contributed by atoms with E-state index in [4.69, 9.17) is 0 Å². The van der Waals surface area contributed by atoms with Gasteiger partial charge in [-0.15, -0.1) is 0 Å². The van der Waals surface area contributed by atoms with E-state index in [2.05, 4.69) is 9.88 Å². The Hall–Kier alpha value is -1.47. The molecular weight excluding hydrogens is 290 g/mol. The smallest absolute Gasteiger partial charge is 0.254 e. The van der Waals surface area contributed by atoms with Crippen molar-refractivity contribution in [2.45, 2.75) is 12.5 Å². The normalized spacial score (nSPS) is 25.9. The van der Waals surface area contributed by atoms with Crippen LogP contribution >= 0.6 is 0 Å². The summed E-state index contributed by atoms with van der Waals surface area (Å²) in [5.74, 6) is 0.593. The maximum atomic E-state index is 12.3. The first-order valence-corrected chi connectivity index (χ1v) is 9.01. The molecule has 0 spiro atoms. The van der Waals surface area contributed by atoms with Crippen LogP contribution in [-0.4, -0.2) is 72.8 Å². The van der Waals surface area contributed by atoms with E-state index in [0.717, 1.165) is 19.5 Å². The highest BCUT2D eigenvalue weighted by Gasteiger charge is 2.34. The van der Waals surface area contributed by atoms with E-state index in [0.29, 0.717) is 24.4 Å². The van der Waals surface area contributed by atoms with E-state index in [1.807, 2.05) is 4.90 Å². The lowest BCUT2D eigenvalue weighted by Crippen LogP contribution is -2.52. The van der Waals surface area contributed by atoms with E-state index in [9.17, 15) is 13.2 Å². The van der Waals surface area contributed by atoms with Gasteiger partial charge in [0.1, 0.15) is 0 Å². The second kappa shape index (κ2) is 5.73. The second-order valence-corrected chi connectivity index (χ2v) is 7.85. The van der Waals surface area contributed by atoms with E-state index >= 15 is 0 Å². The topological polar surface area (TPSA) is 70.6 Å². The van der Waals surface area contributed by atoms with Crippen molar-refractivity contribution in [1.82, 2.24) is 14.8 Å². The molecule has 0 aromatic carbocycles. The predicted octanol–water partition coefficient (Wildman–Crippen LogP) is 0.0265. The molecule has 0 N–H and O–H groups in total. The van der Waals surface area contributed by atoms with Crippen LogP contribution in [0.1, 0.15) is 16.8 Å². The lowest BCUT2D eigenvalue weighted by atomic mass is 10.1. The van der Waals surface area contributed by atoms with Crippen LogP contribution in [-0.2, 0) is 9.84 Å². The van der Waals surface area contributed by atoms with Crippen LogP contribution in [0.15, 0.2) is 24.5 Å². The maximum absolute atomic E-state index is 12.3. The van der Waals surface area contributed by atoms with Crippen molar-refractivity contribution in [2.75, 3.05) is 37.7 Å². The number of carbonyl (C=O) groups is 1. The molecule has 7 heteroatoms. The highest BCUT2D eigenvalue weighted by Crippen LogP contribution is 2.19. The molecule has 21 heavy (non-hydrogen) atoms. The summed E-state index contributed by atoms with van der Waals surface area (Å²) in [6.07, 6.45) is 3.96. The van der Waals surface area contributed by atoms with Crippen molar-refractivity contribution in [3.8, 4) is 0 Å². The third kappa shape index (κ3) is 3.24. The Morgan fingerprint density at radius 1 is 1.14 bits per heavy atom. The first kappa shape index (κ1) is 14.5. The van der Waals surface area contributed by atoms with E-state index < -0.39 is 9.84 Å². The predicted molar refractivity (Wildman–Crippen MR) is 78.8 cm³/mol. The lowest BCUT2D eigenvalue weighted by molar-refractivity contribution is 0.0587. The number of carbonyl (C=O) groups excluding carboxylic acids is 1. The van der Waals surface area contributed by atoms with Gasteiger partial charge in [0.15, 0.2) is 9.84 Å². The van der Waals surface area contributed by atoms with Gasteiger partial charge >= 0.3 is 0 Å². The fourth-order valence-corrected chi connectivity index (χ4v) is 4.79. The van der Waals surface area contributed by atoms with E-state index in [1.165, 1.54) is 0 Å². The summed E-state index contributed by atoms with van der Waals surface area (Å²) in [6, 6.07) is 3.57. The highest BCUT2D eigenvalue weighted by atomic mass is 32.2. The average Bonchev–Trinajstić information content (AvgIpc) is 2.88. The molecule has 0 bridgehead atoms. The lowest BCUT2D eigenvalue weighted by Gasteiger charge is -2.37. The highest BCUT2D eigenvalue weighted by molar-refractivity contribution is 7.91. The molecule has 1 atom stereocenters. The maximum Gasteiger partial charge on any atom is 0.254 e. The molecule has 0 aliphatic carbocycles. The van der Waals surface area contributed by atoms with Gasteiger partial charge in [0.2, 0.25) is 0 Å². The van der Waals surface area contributed by atoms with Crippen LogP contribution in [0.3, 0.4) is 0 Å². The van der Waals surface area contributed by atoms with Gasteiger partial charge in [-0.3, -0.25) is 14.7 Å². The molecule has 3 rings (SSSR count). The summed E-state index contributed by atoms with van der Waals surface area (Å²) >= 11 is 0. The summed E-state index contributed by atoms with van der Waals surface area (Å²) in [4.78, 5) is 20.3. The molecule has 3 heterocycles. The van der Waals surface area contributed by atoms with Gasteiger partial charge in [-0.25, -0.2) is 8.42 Å². The van der Waals surface area contributed by atoms with Crippen LogP contribution in [0.4, 0.5) is 0 Å². The largest absolute Gasteiger partial charge is 0.336 e. The number of nitrogens with zero attached hydrogens (tertiary/aromatic N) is 3. The molecular formula is C14H19N3O3S. The Balaban J connectivity index is 1.57. The third-order valence-electron chi connectivity index (χ3n) is 4.25. The van der Waals surface area contributed by atoms with E-state index in [1.54, 1.807) is 24.5 Å². The minimum Gasteiger partial charge on any atom is -0.336 e. The van der Waals surface area contributed by atoms with Gasteiger partial charge in [0.25, 0.3) is 5.91 Å². The SMILES string of the molecule is O=C(c1ccncc1)N1CCN([C@H]2CCS(=O)(=O)C2)CC1. The molecule has 6 nitrogen and oxygen atoms in total. The van der Waals surface area contributed by atoms with Crippen LogP contribution in [0, 0.1) is 0 Å². The zero-order valence-corrected chi connectivity index (χ0v) is 12.6. The number of amides is 1. The summed E-state index contributed by atoms with van der Waals surface area (Å²) in [6.45, 7) is 2.80. The van der Waals surface area contributed by atoms with Gasteiger partial charge in [-0.2, -0.15) is 0 Å². The number of aromatic nitrogens is 1. The quantitative estimate of drug-likeness (QED) is 0.770. The Bertz CT molecular complexity index is 610. The van der Waals surface area contributed by atoms with E-state index in [-0.39, 0.29) is 17.7 Å². The average molecular weight is 309 g/mol. The molecule has 2 saturated heterocycles. The third-order valence-corrected chi connectivity index (χ3v) is 6.00. The Morgan fingerprint density at radius 3 is 2.38 bits per heavy atom. The number of hydrogen-bond acceptors (Lipinski definition) is 5. The molecule has 1 aromatic heterocycles. The molecule has 0 radical (unpaired) electrons. The Morgan fingerprint density at radius 2 is 1.81 bits per heavy atom. The van der Waals surface area contributed by atoms with Crippen molar-refractivity contribution in [3.05, 3.63) is 30.1 Å². The molecule has 0 saturated carbocycles. The van der Waals surface area contributed by atoms with Gasteiger partial charge in [-0.1, -0.05) is 0 Å². The molecule has 2 aliphatic rings. The first-order chi connectivity index (χ1) is 10.1. The fourth-order valence-electron chi connectivity index (χ4n) is 3.03. The Kier molecular flexibility index (Phi) is 3.95. The zero-order chi connectivity index (χ0) is 14.9. The number of hydrogen-bond donors (Lipinski definition) is 0. The molecule has 2 aliphatic heterocycles. The summed E-state index contributed by atoms with van der Waals surface area (Å²) < 4.78 is 23.1.